The zero-order chi connectivity index (χ0) is 13.9. The lowest BCUT2D eigenvalue weighted by Crippen LogP contribution is -2.55. The average molecular weight is 279 g/mol. The predicted molar refractivity (Wildman–Crippen MR) is 74.8 cm³/mol. The number of carbonyl (C=O) groups excluding carboxylic acids is 1. The summed E-state index contributed by atoms with van der Waals surface area (Å²) < 4.78 is 7.30. The van der Waals surface area contributed by atoms with Gasteiger partial charge in [-0.25, -0.2) is 9.78 Å². The fourth-order valence-electron chi connectivity index (χ4n) is 2.71. The first kappa shape index (κ1) is 13.2. The van der Waals surface area contributed by atoms with E-state index >= 15 is 0 Å². The molecule has 1 aromatic heterocycles. The fourth-order valence-corrected chi connectivity index (χ4v) is 2.71. The lowest BCUT2D eigenvalue weighted by Gasteiger charge is -2.38. The van der Waals surface area contributed by atoms with Crippen LogP contribution in [-0.2, 0) is 11.8 Å². The molecule has 0 aromatic carbocycles. The highest BCUT2D eigenvalue weighted by Gasteiger charge is 2.27. The molecule has 0 spiro atoms. The van der Waals surface area contributed by atoms with Gasteiger partial charge in [-0.15, -0.1) is 0 Å². The largest absolute Gasteiger partial charge is 0.378 e. The molecule has 0 atom stereocenters. The maximum Gasteiger partial charge on any atom is 0.320 e. The summed E-state index contributed by atoms with van der Waals surface area (Å²) in [6, 6.07) is 0.146. The quantitative estimate of drug-likeness (QED) is 0.726. The van der Waals surface area contributed by atoms with Gasteiger partial charge in [0.25, 0.3) is 0 Å². The number of urea groups is 1. The summed E-state index contributed by atoms with van der Waals surface area (Å²) >= 11 is 0. The van der Waals surface area contributed by atoms with E-state index in [1.165, 1.54) is 0 Å². The van der Waals surface area contributed by atoms with Crippen molar-refractivity contribution in [2.45, 2.75) is 0 Å². The minimum atomic E-state index is 0.146. The molecular formula is C13H21N5O2. The summed E-state index contributed by atoms with van der Waals surface area (Å²) in [6.07, 6.45) is 3.75. The van der Waals surface area contributed by atoms with Crippen molar-refractivity contribution in [2.24, 2.45) is 7.05 Å². The third-order valence-electron chi connectivity index (χ3n) is 3.91. The van der Waals surface area contributed by atoms with Gasteiger partial charge in [0.2, 0.25) is 5.95 Å². The van der Waals surface area contributed by atoms with Crippen LogP contribution in [-0.4, -0.2) is 77.9 Å². The number of anilines is 1. The predicted octanol–water partition coefficient (Wildman–Crippen LogP) is -0.00570. The lowest BCUT2D eigenvalue weighted by atomic mass is 10.3. The Morgan fingerprint density at radius 2 is 1.75 bits per heavy atom. The SMILES string of the molecule is Cn1ccnc1N1CCN(C(=O)N2CCOCC2)CC1. The maximum atomic E-state index is 12.4. The van der Waals surface area contributed by atoms with Crippen molar-refractivity contribution in [1.82, 2.24) is 19.4 Å². The molecule has 2 aliphatic rings. The van der Waals surface area contributed by atoms with E-state index in [9.17, 15) is 4.79 Å². The Morgan fingerprint density at radius 1 is 1.10 bits per heavy atom. The molecule has 1 aromatic rings. The van der Waals surface area contributed by atoms with Crippen LogP contribution in [0.5, 0.6) is 0 Å². The van der Waals surface area contributed by atoms with Crippen LogP contribution in [0.4, 0.5) is 10.7 Å². The van der Waals surface area contributed by atoms with E-state index < -0.39 is 0 Å². The van der Waals surface area contributed by atoms with Crippen LogP contribution >= 0.6 is 0 Å². The smallest absolute Gasteiger partial charge is 0.320 e. The first-order chi connectivity index (χ1) is 9.75. The second-order valence-corrected chi connectivity index (χ2v) is 5.19. The minimum Gasteiger partial charge on any atom is -0.378 e. The van der Waals surface area contributed by atoms with Crippen LogP contribution in [0.1, 0.15) is 0 Å². The Kier molecular flexibility index (Phi) is 3.77. The Balaban J connectivity index is 1.55. The van der Waals surface area contributed by atoms with Gasteiger partial charge in [0.1, 0.15) is 0 Å². The molecule has 0 bridgehead atoms. The van der Waals surface area contributed by atoms with Crippen LogP contribution in [0.3, 0.4) is 0 Å². The van der Waals surface area contributed by atoms with E-state index in [0.717, 1.165) is 32.1 Å². The number of aromatic nitrogens is 2. The summed E-state index contributed by atoms with van der Waals surface area (Å²) in [5.41, 5.74) is 0. The topological polar surface area (TPSA) is 53.8 Å². The number of rotatable bonds is 1. The van der Waals surface area contributed by atoms with Gasteiger partial charge < -0.3 is 24.0 Å². The summed E-state index contributed by atoms with van der Waals surface area (Å²) in [7, 11) is 1.99. The standard InChI is InChI=1S/C13H21N5O2/c1-15-3-2-14-12(15)16-4-6-17(7-5-16)13(19)18-8-10-20-11-9-18/h2-3H,4-11H2,1H3. The second-order valence-electron chi connectivity index (χ2n) is 5.19. The van der Waals surface area contributed by atoms with Crippen molar-refractivity contribution in [3.63, 3.8) is 0 Å². The number of morpholine rings is 1. The van der Waals surface area contributed by atoms with Gasteiger partial charge in [-0.3, -0.25) is 0 Å². The summed E-state index contributed by atoms with van der Waals surface area (Å²) in [5.74, 6) is 0.975. The van der Waals surface area contributed by atoms with E-state index in [2.05, 4.69) is 9.88 Å². The van der Waals surface area contributed by atoms with Crippen LogP contribution in [0.2, 0.25) is 0 Å². The number of aryl methyl sites for hydroxylation is 1. The Labute approximate surface area is 118 Å². The molecule has 0 N–H and O–H groups in total. The van der Waals surface area contributed by atoms with Crippen molar-refractivity contribution < 1.29 is 9.53 Å². The average Bonchev–Trinajstić information content (AvgIpc) is 2.94. The monoisotopic (exact) mass is 279 g/mol. The molecule has 7 heteroatoms. The molecule has 20 heavy (non-hydrogen) atoms. The molecule has 3 heterocycles. The van der Waals surface area contributed by atoms with Gasteiger partial charge >= 0.3 is 6.03 Å². The van der Waals surface area contributed by atoms with Crippen molar-refractivity contribution in [1.29, 1.82) is 0 Å². The number of ether oxygens (including phenoxy) is 1. The zero-order valence-electron chi connectivity index (χ0n) is 11.9. The van der Waals surface area contributed by atoms with E-state index in [1.807, 2.05) is 27.6 Å². The fraction of sp³-hybridized carbons (Fsp3) is 0.692. The molecule has 2 amide bonds. The van der Waals surface area contributed by atoms with E-state index in [-0.39, 0.29) is 6.03 Å². The minimum absolute atomic E-state index is 0.146. The summed E-state index contributed by atoms with van der Waals surface area (Å²) in [5, 5.41) is 0. The highest BCUT2D eigenvalue weighted by Crippen LogP contribution is 2.14. The third-order valence-corrected chi connectivity index (χ3v) is 3.91. The number of amides is 2. The normalized spacial score (nSPS) is 20.4. The zero-order valence-corrected chi connectivity index (χ0v) is 11.9. The van der Waals surface area contributed by atoms with Crippen molar-refractivity contribution in [3.05, 3.63) is 12.4 Å². The lowest BCUT2D eigenvalue weighted by molar-refractivity contribution is 0.0428. The Bertz CT molecular complexity index is 461. The first-order valence-electron chi connectivity index (χ1n) is 7.09. The van der Waals surface area contributed by atoms with Gasteiger partial charge in [0.15, 0.2) is 0 Å². The highest BCUT2D eigenvalue weighted by molar-refractivity contribution is 5.74. The first-order valence-corrected chi connectivity index (χ1v) is 7.09. The molecule has 0 radical (unpaired) electrons. The molecule has 2 fully saturated rings. The molecular weight excluding hydrogens is 258 g/mol. The molecule has 0 unspecified atom stereocenters. The van der Waals surface area contributed by atoms with Gasteiger partial charge in [-0.1, -0.05) is 0 Å². The number of piperazine rings is 1. The molecule has 2 aliphatic heterocycles. The van der Waals surface area contributed by atoms with Crippen LogP contribution in [0.25, 0.3) is 0 Å². The van der Waals surface area contributed by atoms with Crippen LogP contribution in [0.15, 0.2) is 12.4 Å². The van der Waals surface area contributed by atoms with Crippen molar-refractivity contribution in [2.75, 3.05) is 57.4 Å². The molecule has 3 rings (SSSR count). The molecule has 7 nitrogen and oxygen atoms in total. The van der Waals surface area contributed by atoms with Crippen LogP contribution < -0.4 is 4.90 Å². The Morgan fingerprint density at radius 3 is 2.35 bits per heavy atom. The molecule has 0 saturated carbocycles. The van der Waals surface area contributed by atoms with Gasteiger partial charge in [-0.05, 0) is 0 Å². The van der Waals surface area contributed by atoms with Gasteiger partial charge in [0.05, 0.1) is 13.2 Å². The van der Waals surface area contributed by atoms with Crippen molar-refractivity contribution in [3.8, 4) is 0 Å². The van der Waals surface area contributed by atoms with E-state index in [0.29, 0.717) is 26.3 Å². The second kappa shape index (κ2) is 5.70. The number of imidazole rings is 1. The maximum absolute atomic E-state index is 12.4. The van der Waals surface area contributed by atoms with Crippen LogP contribution in [0, 0.1) is 0 Å². The van der Waals surface area contributed by atoms with Gasteiger partial charge in [-0.2, -0.15) is 0 Å². The third kappa shape index (κ3) is 2.58. The van der Waals surface area contributed by atoms with Crippen molar-refractivity contribution >= 4 is 12.0 Å². The van der Waals surface area contributed by atoms with Gasteiger partial charge in [0, 0.05) is 58.7 Å². The number of nitrogens with zero attached hydrogens (tertiary/aromatic N) is 5. The summed E-state index contributed by atoms with van der Waals surface area (Å²) in [4.78, 5) is 22.8. The number of hydrogen-bond acceptors (Lipinski definition) is 4. The number of carbonyl (C=O) groups is 1. The highest BCUT2D eigenvalue weighted by atomic mass is 16.5. The Hall–Kier alpha value is -1.76. The molecule has 110 valence electrons. The van der Waals surface area contributed by atoms with E-state index in [1.54, 1.807) is 6.20 Å². The number of hydrogen-bond donors (Lipinski definition) is 0. The van der Waals surface area contributed by atoms with E-state index in [4.69, 9.17) is 4.74 Å². The summed E-state index contributed by atoms with van der Waals surface area (Å²) in [6.45, 7) is 5.89. The molecule has 2 saturated heterocycles. The molecule has 0 aliphatic carbocycles.